The summed E-state index contributed by atoms with van der Waals surface area (Å²) in [5.41, 5.74) is 4.13. The molecule has 0 aromatic carbocycles. The highest BCUT2D eigenvalue weighted by molar-refractivity contribution is 7.99. The summed E-state index contributed by atoms with van der Waals surface area (Å²) in [5, 5.41) is 15.4. The van der Waals surface area contributed by atoms with E-state index in [1.165, 1.54) is 51.3 Å². The summed E-state index contributed by atoms with van der Waals surface area (Å²) >= 11 is 4.66. The van der Waals surface area contributed by atoms with Crippen molar-refractivity contribution in [1.82, 2.24) is 14.8 Å². The first kappa shape index (κ1) is 25.2. The van der Waals surface area contributed by atoms with Crippen LogP contribution in [0.2, 0.25) is 0 Å². The number of aryl methyl sites for hydroxylation is 2. The van der Waals surface area contributed by atoms with Gasteiger partial charge in [0.25, 0.3) is 0 Å². The van der Waals surface area contributed by atoms with Crippen LogP contribution in [0.5, 0.6) is 0 Å². The highest BCUT2D eigenvalue weighted by Gasteiger charge is 2.28. The molecule has 3 aromatic rings. The van der Waals surface area contributed by atoms with E-state index >= 15 is 0 Å². The summed E-state index contributed by atoms with van der Waals surface area (Å²) in [6.45, 7) is 6.58. The van der Waals surface area contributed by atoms with Gasteiger partial charge in [-0.1, -0.05) is 17.8 Å². The number of ether oxygens (including phenoxy) is 1. The van der Waals surface area contributed by atoms with Crippen LogP contribution in [0.3, 0.4) is 0 Å². The predicted molar refractivity (Wildman–Crippen MR) is 146 cm³/mol. The topological polar surface area (TPSA) is 86.1 Å². The average Bonchev–Trinajstić information content (AvgIpc) is 3.58. The van der Waals surface area contributed by atoms with Gasteiger partial charge < -0.3 is 10.1 Å². The third kappa shape index (κ3) is 5.03. The van der Waals surface area contributed by atoms with Crippen LogP contribution in [-0.2, 0) is 41.8 Å². The number of allylic oxidation sites excluding steroid dienone is 1. The first-order valence-electron chi connectivity index (χ1n) is 12.5. The van der Waals surface area contributed by atoms with E-state index < -0.39 is 0 Å². The molecule has 0 saturated heterocycles. The Balaban J connectivity index is 1.33. The molecule has 1 amide bonds. The molecular weight excluding hydrogens is 513 g/mol. The number of hydrogen-bond donors (Lipinski definition) is 1. The van der Waals surface area contributed by atoms with E-state index in [1.807, 2.05) is 10.6 Å². The van der Waals surface area contributed by atoms with Crippen LogP contribution in [0.1, 0.15) is 63.8 Å². The van der Waals surface area contributed by atoms with E-state index in [0.29, 0.717) is 28.9 Å². The summed E-state index contributed by atoms with van der Waals surface area (Å²) in [5.74, 6) is 0.482. The van der Waals surface area contributed by atoms with Crippen molar-refractivity contribution in [2.24, 2.45) is 0 Å². The van der Waals surface area contributed by atoms with Crippen molar-refractivity contribution < 1.29 is 14.3 Å². The Bertz CT molecular complexity index is 1290. The van der Waals surface area contributed by atoms with Gasteiger partial charge in [-0.05, 0) is 69.4 Å². The minimum absolute atomic E-state index is 0.169. The minimum atomic E-state index is -0.352. The maximum absolute atomic E-state index is 13.0. The zero-order valence-corrected chi connectivity index (χ0v) is 22.9. The molecule has 3 heterocycles. The molecule has 0 unspecified atom stereocenters. The molecule has 5 rings (SSSR count). The first-order chi connectivity index (χ1) is 17.6. The number of thioether (sulfide) groups is 1. The number of nitrogens with one attached hydrogen (secondary N) is 1. The Hall–Kier alpha value is -2.43. The van der Waals surface area contributed by atoms with Crippen LogP contribution in [-0.4, -0.2) is 39.0 Å². The number of nitrogens with zero attached hydrogens (tertiary/aromatic N) is 3. The lowest BCUT2D eigenvalue weighted by molar-refractivity contribution is -0.113. The number of aromatic nitrogens is 3. The molecule has 3 aromatic heterocycles. The quantitative estimate of drug-likeness (QED) is 0.205. The molecule has 0 fully saturated rings. The molecule has 36 heavy (non-hydrogen) atoms. The van der Waals surface area contributed by atoms with Crippen molar-refractivity contribution in [3.63, 3.8) is 0 Å². The highest BCUT2D eigenvalue weighted by Crippen LogP contribution is 2.39. The summed E-state index contributed by atoms with van der Waals surface area (Å²) in [4.78, 5) is 28.3. The molecule has 0 aliphatic heterocycles. The number of carbonyl (C=O) groups is 2. The van der Waals surface area contributed by atoms with E-state index in [2.05, 4.69) is 27.5 Å². The van der Waals surface area contributed by atoms with Crippen molar-refractivity contribution in [2.45, 2.75) is 70.0 Å². The van der Waals surface area contributed by atoms with Gasteiger partial charge >= 0.3 is 5.97 Å². The molecule has 0 bridgehead atoms. The number of hydrogen-bond acceptors (Lipinski definition) is 8. The lowest BCUT2D eigenvalue weighted by Gasteiger charge is -2.13. The monoisotopic (exact) mass is 542 g/mol. The van der Waals surface area contributed by atoms with E-state index in [1.54, 1.807) is 18.3 Å². The number of anilines is 1. The summed E-state index contributed by atoms with van der Waals surface area (Å²) in [7, 11) is 0. The van der Waals surface area contributed by atoms with Crippen molar-refractivity contribution >= 4 is 51.3 Å². The molecular formula is C26H30N4O3S3. The zero-order valence-electron chi connectivity index (χ0n) is 20.4. The van der Waals surface area contributed by atoms with Crippen molar-refractivity contribution in [3.05, 3.63) is 44.5 Å². The largest absolute Gasteiger partial charge is 0.462 e. The predicted octanol–water partition coefficient (Wildman–Crippen LogP) is 5.92. The number of rotatable bonds is 9. The van der Waals surface area contributed by atoms with Gasteiger partial charge in [0.05, 0.1) is 17.9 Å². The maximum atomic E-state index is 13.0. The maximum Gasteiger partial charge on any atom is 0.341 e. The molecule has 2 aliphatic carbocycles. The first-order valence-corrected chi connectivity index (χ1v) is 15.2. The smallest absolute Gasteiger partial charge is 0.341 e. The lowest BCUT2D eigenvalue weighted by Crippen LogP contribution is -2.17. The van der Waals surface area contributed by atoms with Crippen LogP contribution in [0, 0.1) is 0 Å². The zero-order chi connectivity index (χ0) is 25.1. The van der Waals surface area contributed by atoms with Gasteiger partial charge in [-0.3, -0.25) is 9.36 Å². The van der Waals surface area contributed by atoms with Crippen LogP contribution in [0.4, 0.5) is 5.00 Å². The molecule has 7 nitrogen and oxygen atoms in total. The van der Waals surface area contributed by atoms with E-state index in [0.717, 1.165) is 55.5 Å². The van der Waals surface area contributed by atoms with Gasteiger partial charge in [-0.25, -0.2) is 4.79 Å². The van der Waals surface area contributed by atoms with Gasteiger partial charge in [0.2, 0.25) is 5.91 Å². The summed E-state index contributed by atoms with van der Waals surface area (Å²) in [6, 6.07) is 0. The van der Waals surface area contributed by atoms with Gasteiger partial charge in [-0.2, -0.15) is 0 Å². The number of esters is 1. The number of fused-ring (bicyclic) bond motifs is 2. The molecule has 190 valence electrons. The Kier molecular flexibility index (Phi) is 7.93. The Morgan fingerprint density at radius 1 is 1.14 bits per heavy atom. The Morgan fingerprint density at radius 3 is 2.67 bits per heavy atom. The van der Waals surface area contributed by atoms with E-state index in [9.17, 15) is 9.59 Å². The molecule has 0 atom stereocenters. The van der Waals surface area contributed by atoms with Crippen molar-refractivity contribution in [1.29, 1.82) is 0 Å². The second-order valence-corrected chi connectivity index (χ2v) is 11.9. The van der Waals surface area contributed by atoms with Crippen LogP contribution in [0.25, 0.3) is 11.4 Å². The average molecular weight is 543 g/mol. The summed E-state index contributed by atoms with van der Waals surface area (Å²) in [6.07, 6.45) is 10.4. The minimum Gasteiger partial charge on any atom is -0.462 e. The van der Waals surface area contributed by atoms with E-state index in [4.69, 9.17) is 4.74 Å². The van der Waals surface area contributed by atoms with Gasteiger partial charge in [0, 0.05) is 27.2 Å². The van der Waals surface area contributed by atoms with Crippen molar-refractivity contribution in [3.8, 4) is 11.4 Å². The fourth-order valence-electron chi connectivity index (χ4n) is 4.94. The van der Waals surface area contributed by atoms with Crippen LogP contribution < -0.4 is 5.32 Å². The molecule has 0 spiro atoms. The van der Waals surface area contributed by atoms with Gasteiger partial charge in [0.1, 0.15) is 5.00 Å². The van der Waals surface area contributed by atoms with Crippen LogP contribution in [0.15, 0.2) is 23.2 Å². The molecule has 2 aliphatic rings. The molecule has 0 radical (unpaired) electrons. The second-order valence-electron chi connectivity index (χ2n) is 8.94. The Labute approximate surface area is 223 Å². The number of amides is 1. The number of carbonyl (C=O) groups excluding carboxylic acids is 2. The van der Waals surface area contributed by atoms with Crippen molar-refractivity contribution in [2.75, 3.05) is 17.7 Å². The third-order valence-corrected chi connectivity index (χ3v) is 9.83. The van der Waals surface area contributed by atoms with Crippen LogP contribution >= 0.6 is 34.4 Å². The standard InChI is InChI=1S/C26H30N4O3S3/c1-3-13-30-23(18-14-34-19-11-7-5-9-16(18)19)28-29-26(30)35-15-21(31)27-24-22(25(32)33-4-2)17-10-6-8-12-20(17)36-24/h3,14H,1,4-13,15H2,2H3,(H,27,31). The van der Waals surface area contributed by atoms with Gasteiger partial charge in [-0.15, -0.1) is 39.4 Å². The van der Waals surface area contributed by atoms with Gasteiger partial charge in [0.15, 0.2) is 11.0 Å². The molecule has 1 N–H and O–H groups in total. The summed E-state index contributed by atoms with van der Waals surface area (Å²) < 4.78 is 7.34. The highest BCUT2D eigenvalue weighted by atomic mass is 32.2. The molecule has 10 heteroatoms. The SMILES string of the molecule is C=CCn1c(SCC(=O)Nc2sc3c(c2C(=O)OCC)CCCC3)nnc1-c1csc2c1CCCC2. The second kappa shape index (κ2) is 11.3. The fourth-order valence-corrected chi connectivity index (χ4v) is 8.10. The normalized spacial score (nSPS) is 14.7. The molecule has 0 saturated carbocycles. The lowest BCUT2D eigenvalue weighted by atomic mass is 9.95. The number of thiophene rings is 2. The van der Waals surface area contributed by atoms with E-state index in [-0.39, 0.29) is 17.6 Å². The fraction of sp³-hybridized carbons (Fsp3) is 0.462. The third-order valence-electron chi connectivity index (χ3n) is 6.57. The Morgan fingerprint density at radius 2 is 1.89 bits per heavy atom.